The topological polar surface area (TPSA) is 0 Å². The van der Waals surface area contributed by atoms with Gasteiger partial charge in [-0.3, -0.25) is 0 Å². The molecule has 0 aromatic heterocycles. The van der Waals surface area contributed by atoms with Crippen molar-refractivity contribution in [3.05, 3.63) is 0 Å². The predicted octanol–water partition coefficient (Wildman–Crippen LogP) is 16.7. The average molecular weight is 2790 g/mol. The summed E-state index contributed by atoms with van der Waals surface area (Å²) in [6, 6.07) is 0. The first-order chi connectivity index (χ1) is 12.9. The molecule has 0 aromatic rings. The average Bonchev–Trinajstić information content (AvgIpc) is 2.50. The minimum Gasteiger partial charge on any atom is -0.0700 e. The molecule has 0 saturated heterocycles. The van der Waals surface area contributed by atoms with Gasteiger partial charge in [-0.15, -0.1) is 0 Å². The van der Waals surface area contributed by atoms with Gasteiger partial charge in [-0.1, -0.05) is 474 Å². The number of hydrogen-bond acceptors (Lipinski definition) is 0. The van der Waals surface area contributed by atoms with E-state index in [0.717, 1.165) is 0 Å². The quantitative estimate of drug-likeness (QED) is 0.159. The van der Waals surface area contributed by atoms with Gasteiger partial charge in [0.05, 0.1) is 1.93 Å². The highest BCUT2D eigenvalue weighted by Crippen LogP contribution is 2.81. The Kier molecular flexibility index (Phi) is 25.4. The highest BCUT2D eigenvalue weighted by atomic mass is 127. The van der Waals surface area contributed by atoms with Gasteiger partial charge < -0.3 is 0 Å². The van der Waals surface area contributed by atoms with Gasteiger partial charge in [0.25, 0.3) is 0 Å². The lowest BCUT2D eigenvalue weighted by Crippen LogP contribution is -2.71. The minimum absolute atomic E-state index is 0.00842. The molecule has 0 aromatic carbocycles. The molecule has 0 spiro atoms. The van der Waals surface area contributed by atoms with Gasteiger partial charge in [-0.25, -0.2) is 0 Å². The lowest BCUT2D eigenvalue weighted by molar-refractivity contribution is 0.621. The molecular weight excluding hydrogens is 2790 g/mol. The summed E-state index contributed by atoms with van der Waals surface area (Å²) in [5, 5.41) is 0. The number of alkyl halides is 21. The van der Waals surface area contributed by atoms with E-state index < -0.39 is 0 Å². The van der Waals surface area contributed by atoms with E-state index in [1.807, 2.05) is 0 Å². The Morgan fingerprint density at radius 2 is 0.548 bits per heavy atom. The van der Waals surface area contributed by atoms with Gasteiger partial charge in [0.15, 0.2) is 0 Å². The summed E-state index contributed by atoms with van der Waals surface area (Å²) in [6.45, 7) is 0. The molecule has 0 amide bonds. The molecule has 21 heteroatoms. The maximum Gasteiger partial charge on any atom is 0.143 e. The van der Waals surface area contributed by atoms with Crippen LogP contribution in [0.15, 0.2) is 0 Å². The molecule has 0 saturated carbocycles. The SMILES string of the molecule is IC(I)C(I)(I)C(I)(I)C(I)(I)C(I)(I)C(I)(I)C(I)(I)C(I)(C(I)(I)I)C(I)(I)I. The fourth-order valence-corrected chi connectivity index (χ4v) is 39.9. The predicted molar refractivity (Wildman–Crippen MR) is 323 cm³/mol. The van der Waals surface area contributed by atoms with Crippen molar-refractivity contribution in [1.29, 1.82) is 0 Å². The smallest absolute Gasteiger partial charge is 0.0700 e. The van der Waals surface area contributed by atoms with Gasteiger partial charge >= 0.3 is 0 Å². The van der Waals surface area contributed by atoms with Gasteiger partial charge in [0, 0.05) is 0 Å². The van der Waals surface area contributed by atoms with E-state index in [2.05, 4.69) is 474 Å². The van der Waals surface area contributed by atoms with Crippen LogP contribution in [0.5, 0.6) is 0 Å². The zero-order valence-corrected chi connectivity index (χ0v) is 58.3. The molecule has 0 aliphatic carbocycles. The normalized spacial score (nSPS) is 16.8. The summed E-state index contributed by atoms with van der Waals surface area (Å²) in [7, 11) is 0. The molecule has 31 heavy (non-hydrogen) atoms. The third kappa shape index (κ3) is 9.77. The second-order valence-corrected chi connectivity index (χ2v) is 66.0. The van der Waals surface area contributed by atoms with Crippen LogP contribution in [0.4, 0.5) is 0 Å². The van der Waals surface area contributed by atoms with E-state index in [-0.39, 0.29) is 10.9 Å². The van der Waals surface area contributed by atoms with E-state index in [1.165, 1.54) is 0 Å². The molecule has 0 rings (SSSR count). The van der Waals surface area contributed by atoms with Crippen molar-refractivity contribution in [2.75, 3.05) is 0 Å². The molecule has 0 heterocycles. The van der Waals surface area contributed by atoms with Crippen molar-refractivity contribution >= 4 is 474 Å². The Morgan fingerprint density at radius 3 is 0.774 bits per heavy atom. The second kappa shape index (κ2) is 17.0. The lowest BCUT2D eigenvalue weighted by atomic mass is 10.0. The lowest BCUT2D eigenvalue weighted by Gasteiger charge is -2.61. The minimum atomic E-state index is -0.0994. The molecule has 0 unspecified atom stereocenters. The van der Waals surface area contributed by atoms with Gasteiger partial charge in [0.1, 0.15) is 10.9 Å². The zero-order valence-electron chi connectivity index (χ0n) is 13.0. The molecule has 0 aliphatic heterocycles. The molecule has 0 bridgehead atoms. The third-order valence-corrected chi connectivity index (χ3v) is 65.4. The van der Waals surface area contributed by atoms with Crippen LogP contribution in [-0.2, 0) is 0 Å². The van der Waals surface area contributed by atoms with E-state index in [4.69, 9.17) is 0 Å². The summed E-state index contributed by atoms with van der Waals surface area (Å²) in [5.41, 5.74) is 0. The molecule has 0 fully saturated rings. The Morgan fingerprint density at radius 1 is 0.323 bits per heavy atom. The van der Waals surface area contributed by atoms with E-state index in [9.17, 15) is 0 Å². The fraction of sp³-hybridized carbons (Fsp3) is 1.00. The van der Waals surface area contributed by atoms with Crippen LogP contribution >= 0.6 is 474 Å². The molecule has 188 valence electrons. The first kappa shape index (κ1) is 46.3. The van der Waals surface area contributed by atoms with E-state index >= 15 is 0 Å². The standard InChI is InChI=1S/C10HI21/c11-1(12)2(13,14)4(16,17)6(20,21)8(24,25)7(22,23)5(18,19)3(15,9(26,27)28)10(29,30)31/h1H. The molecule has 0 aliphatic rings. The van der Waals surface area contributed by atoms with Crippen molar-refractivity contribution in [3.8, 4) is 0 Å². The fourth-order valence-electron chi connectivity index (χ4n) is 1.67. The molecule has 0 atom stereocenters. The van der Waals surface area contributed by atoms with Crippen LogP contribution in [0.1, 0.15) is 0 Å². The van der Waals surface area contributed by atoms with Gasteiger partial charge in [-0.05, 0) is 0 Å². The zero-order chi connectivity index (χ0) is 26.1. The van der Waals surface area contributed by atoms with Crippen molar-refractivity contribution in [2.45, 2.75) is 12.8 Å². The summed E-state index contributed by atoms with van der Waals surface area (Å²) in [6.07, 6.45) is 0. The van der Waals surface area contributed by atoms with Gasteiger partial charge in [0.2, 0.25) is 0 Å². The monoisotopic (exact) mass is 2790 g/mol. The van der Waals surface area contributed by atoms with Crippen LogP contribution in [0, 0.1) is 0 Å². The molecule has 0 nitrogen and oxygen atoms in total. The number of halogens is 21. The Hall–Kier alpha value is 15.3. The third-order valence-electron chi connectivity index (χ3n) is 3.48. The first-order valence-corrected chi connectivity index (χ1v) is 29.3. The van der Waals surface area contributed by atoms with Crippen LogP contribution in [0.2, 0.25) is 0 Å². The second-order valence-electron chi connectivity index (χ2n) is 5.45. The van der Waals surface area contributed by atoms with Crippen LogP contribution in [-0.4, -0.2) is 12.8 Å². The Balaban J connectivity index is 7.11. The van der Waals surface area contributed by atoms with E-state index in [1.54, 1.807) is 0 Å². The Bertz CT molecular complexity index is 632. The van der Waals surface area contributed by atoms with Crippen molar-refractivity contribution in [3.63, 3.8) is 0 Å². The van der Waals surface area contributed by atoms with Crippen LogP contribution in [0.3, 0.4) is 0 Å². The van der Waals surface area contributed by atoms with E-state index in [0.29, 0.717) is 1.93 Å². The number of rotatable bonds is 9. The molecule has 0 N–H and O–H groups in total. The summed E-state index contributed by atoms with van der Waals surface area (Å²) in [5.74, 6) is 0. The molecule has 0 radical (unpaired) electrons. The highest BCUT2D eigenvalue weighted by Gasteiger charge is 2.79. The van der Waals surface area contributed by atoms with Gasteiger partial charge in [-0.2, -0.15) is 0 Å². The summed E-state index contributed by atoms with van der Waals surface area (Å²) < 4.78 is 0.162. The summed E-state index contributed by atoms with van der Waals surface area (Å²) in [4.78, 5) is 0. The summed E-state index contributed by atoms with van der Waals surface area (Å²) >= 11 is 56.9. The Labute approximate surface area is 471 Å². The maximum absolute atomic E-state index is 2.78. The van der Waals surface area contributed by atoms with Crippen molar-refractivity contribution < 1.29 is 0 Å². The van der Waals surface area contributed by atoms with Crippen molar-refractivity contribution in [2.24, 2.45) is 0 Å². The number of hydrogen-bond donors (Lipinski definition) is 0. The van der Waals surface area contributed by atoms with Crippen molar-refractivity contribution in [1.82, 2.24) is 0 Å². The maximum atomic E-state index is 2.78. The highest BCUT2D eigenvalue weighted by molar-refractivity contribution is 14.3. The largest absolute Gasteiger partial charge is 0.143 e. The first-order valence-electron chi connectivity index (χ1n) is 6.32. The van der Waals surface area contributed by atoms with Crippen LogP contribution in [0.25, 0.3) is 0 Å². The van der Waals surface area contributed by atoms with Crippen LogP contribution < -0.4 is 0 Å². The molecular formula is C10HI21.